The Labute approximate surface area is 77.7 Å². The lowest BCUT2D eigenvalue weighted by molar-refractivity contribution is 0.108. The van der Waals surface area contributed by atoms with Crippen LogP contribution in [0.2, 0.25) is 0 Å². The molecular weight excluding hydrogens is 168 g/mol. The van der Waals surface area contributed by atoms with Crippen molar-refractivity contribution in [2.24, 2.45) is 5.92 Å². The topological polar surface area (TPSA) is 39.4 Å². The number of hydrogen-bond acceptors (Lipinski definition) is 3. The van der Waals surface area contributed by atoms with E-state index in [9.17, 15) is 4.79 Å². The zero-order valence-corrected chi connectivity index (χ0v) is 8.16. The molecule has 3 nitrogen and oxygen atoms in total. The van der Waals surface area contributed by atoms with Crippen molar-refractivity contribution in [3.8, 4) is 5.95 Å². The molecule has 0 unspecified atom stereocenters. The van der Waals surface area contributed by atoms with Gasteiger partial charge in [-0.3, -0.25) is 4.79 Å². The maximum atomic E-state index is 10.4. The largest absolute Gasteiger partial charge is 0.465 e. The van der Waals surface area contributed by atoms with Gasteiger partial charge in [0.25, 0.3) is 5.95 Å². The van der Waals surface area contributed by atoms with Crippen molar-refractivity contribution in [1.82, 2.24) is 0 Å². The van der Waals surface area contributed by atoms with Crippen LogP contribution in [0.4, 0.5) is 0 Å². The van der Waals surface area contributed by atoms with Gasteiger partial charge in [0.2, 0.25) is 0 Å². The number of hydrogen-bond donors (Lipinski definition) is 0. The number of ether oxygens (including phenoxy) is 1. The third-order valence-electron chi connectivity index (χ3n) is 1.60. The number of carbonyl (C=O) groups is 1. The van der Waals surface area contributed by atoms with E-state index >= 15 is 0 Å². The van der Waals surface area contributed by atoms with E-state index in [2.05, 4.69) is 13.8 Å². The van der Waals surface area contributed by atoms with Crippen LogP contribution in [0.1, 0.15) is 30.0 Å². The van der Waals surface area contributed by atoms with Crippen molar-refractivity contribution < 1.29 is 13.9 Å². The van der Waals surface area contributed by atoms with Crippen LogP contribution in [0.5, 0.6) is 5.95 Å². The van der Waals surface area contributed by atoms with E-state index in [4.69, 9.17) is 9.15 Å². The summed E-state index contributed by atoms with van der Waals surface area (Å²) in [5.41, 5.74) is 0.814. The van der Waals surface area contributed by atoms with Gasteiger partial charge in [0.1, 0.15) is 0 Å². The summed E-state index contributed by atoms with van der Waals surface area (Å²) >= 11 is 0. The van der Waals surface area contributed by atoms with Crippen molar-refractivity contribution in [3.05, 3.63) is 17.4 Å². The number of furan rings is 1. The predicted octanol–water partition coefficient (Wildman–Crippen LogP) is 2.44. The maximum absolute atomic E-state index is 10.4. The summed E-state index contributed by atoms with van der Waals surface area (Å²) in [5, 5.41) is 0. The van der Waals surface area contributed by atoms with Crippen LogP contribution in [-0.2, 0) is 0 Å². The van der Waals surface area contributed by atoms with Gasteiger partial charge in [0, 0.05) is 11.6 Å². The molecule has 1 aromatic heterocycles. The first-order chi connectivity index (χ1) is 6.13. The maximum Gasteiger partial charge on any atom is 0.285 e. The van der Waals surface area contributed by atoms with E-state index in [1.165, 1.54) is 0 Å². The summed E-state index contributed by atoms with van der Waals surface area (Å²) < 4.78 is 10.4. The van der Waals surface area contributed by atoms with Crippen molar-refractivity contribution in [3.63, 3.8) is 0 Å². The SMILES string of the molecule is Cc1cc(OCC(C)C)oc1C=O. The smallest absolute Gasteiger partial charge is 0.285 e. The molecule has 0 aliphatic rings. The summed E-state index contributed by atoms with van der Waals surface area (Å²) in [6.45, 7) is 6.52. The summed E-state index contributed by atoms with van der Waals surface area (Å²) in [6.07, 6.45) is 0.692. The second-order valence-corrected chi connectivity index (χ2v) is 3.44. The van der Waals surface area contributed by atoms with E-state index in [0.29, 0.717) is 30.5 Å². The Kier molecular flexibility index (Phi) is 3.12. The number of rotatable bonds is 4. The molecule has 0 amide bonds. The van der Waals surface area contributed by atoms with Gasteiger partial charge >= 0.3 is 0 Å². The molecule has 1 aromatic rings. The first kappa shape index (κ1) is 9.84. The third kappa shape index (κ3) is 2.61. The minimum Gasteiger partial charge on any atom is -0.465 e. The van der Waals surface area contributed by atoms with E-state index in [1.807, 2.05) is 6.92 Å². The lowest BCUT2D eigenvalue weighted by atomic mass is 10.2. The molecule has 0 aliphatic heterocycles. The van der Waals surface area contributed by atoms with Crippen LogP contribution in [0.15, 0.2) is 10.5 Å². The summed E-state index contributed by atoms with van der Waals surface area (Å²) in [5.74, 6) is 1.22. The molecule has 0 atom stereocenters. The molecule has 0 N–H and O–H groups in total. The Balaban J connectivity index is 2.63. The second-order valence-electron chi connectivity index (χ2n) is 3.44. The molecule has 0 fully saturated rings. The fraction of sp³-hybridized carbons (Fsp3) is 0.500. The zero-order valence-electron chi connectivity index (χ0n) is 8.16. The molecule has 1 heterocycles. The Hall–Kier alpha value is -1.25. The lowest BCUT2D eigenvalue weighted by Gasteiger charge is -2.03. The van der Waals surface area contributed by atoms with Crippen LogP contribution in [0.3, 0.4) is 0 Å². The third-order valence-corrected chi connectivity index (χ3v) is 1.60. The van der Waals surface area contributed by atoms with Crippen LogP contribution in [0, 0.1) is 12.8 Å². The number of aldehydes is 1. The van der Waals surface area contributed by atoms with Gasteiger partial charge in [0.05, 0.1) is 6.61 Å². The monoisotopic (exact) mass is 182 g/mol. The molecule has 13 heavy (non-hydrogen) atoms. The van der Waals surface area contributed by atoms with Crippen molar-refractivity contribution in [2.75, 3.05) is 6.61 Å². The molecule has 72 valence electrons. The average molecular weight is 182 g/mol. The van der Waals surface area contributed by atoms with Gasteiger partial charge in [-0.15, -0.1) is 0 Å². The lowest BCUT2D eigenvalue weighted by Crippen LogP contribution is -2.03. The highest BCUT2D eigenvalue weighted by Crippen LogP contribution is 2.20. The highest BCUT2D eigenvalue weighted by molar-refractivity contribution is 5.73. The molecule has 0 bridgehead atoms. The van der Waals surface area contributed by atoms with E-state index in [1.54, 1.807) is 6.07 Å². The Bertz CT molecular complexity index is 286. The highest BCUT2D eigenvalue weighted by Gasteiger charge is 2.07. The van der Waals surface area contributed by atoms with Gasteiger partial charge in [-0.25, -0.2) is 0 Å². The summed E-state index contributed by atoms with van der Waals surface area (Å²) in [4.78, 5) is 10.4. The molecule has 0 aromatic carbocycles. The standard InChI is InChI=1S/C10H14O3/c1-7(2)6-12-10-4-8(3)9(5-11)13-10/h4-5,7H,6H2,1-3H3. The first-order valence-electron chi connectivity index (χ1n) is 4.32. The molecule has 0 aliphatic carbocycles. The normalized spacial score (nSPS) is 10.5. The molecule has 0 saturated carbocycles. The minimum atomic E-state index is 0.346. The van der Waals surface area contributed by atoms with Gasteiger partial charge in [-0.05, 0) is 12.8 Å². The van der Waals surface area contributed by atoms with E-state index in [-0.39, 0.29) is 0 Å². The van der Waals surface area contributed by atoms with Crippen molar-refractivity contribution in [1.29, 1.82) is 0 Å². The van der Waals surface area contributed by atoms with Gasteiger partial charge in [-0.1, -0.05) is 13.8 Å². The predicted molar refractivity (Wildman–Crippen MR) is 49.2 cm³/mol. The number of carbonyl (C=O) groups excluding carboxylic acids is 1. The van der Waals surface area contributed by atoms with Crippen molar-refractivity contribution >= 4 is 6.29 Å². The first-order valence-corrected chi connectivity index (χ1v) is 4.32. The Morgan fingerprint density at radius 2 is 2.31 bits per heavy atom. The van der Waals surface area contributed by atoms with E-state index < -0.39 is 0 Å². The number of aryl methyl sites for hydroxylation is 1. The molecule has 0 radical (unpaired) electrons. The Morgan fingerprint density at radius 1 is 1.62 bits per heavy atom. The summed E-state index contributed by atoms with van der Waals surface area (Å²) in [7, 11) is 0. The minimum absolute atomic E-state index is 0.346. The quantitative estimate of drug-likeness (QED) is 0.671. The van der Waals surface area contributed by atoms with E-state index in [0.717, 1.165) is 5.56 Å². The zero-order chi connectivity index (χ0) is 9.84. The molecular formula is C10H14O3. The molecule has 1 rings (SSSR count). The van der Waals surface area contributed by atoms with Crippen molar-refractivity contribution in [2.45, 2.75) is 20.8 Å². The van der Waals surface area contributed by atoms with Gasteiger partial charge < -0.3 is 9.15 Å². The van der Waals surface area contributed by atoms with Crippen LogP contribution in [0.25, 0.3) is 0 Å². The second kappa shape index (κ2) is 4.12. The average Bonchev–Trinajstić information content (AvgIpc) is 2.43. The molecule has 0 saturated heterocycles. The summed E-state index contributed by atoms with van der Waals surface area (Å²) in [6, 6.07) is 1.73. The molecule has 0 spiro atoms. The van der Waals surface area contributed by atoms with Crippen LogP contribution < -0.4 is 4.74 Å². The highest BCUT2D eigenvalue weighted by atomic mass is 16.6. The van der Waals surface area contributed by atoms with Crippen LogP contribution >= 0.6 is 0 Å². The Morgan fingerprint density at radius 3 is 2.77 bits per heavy atom. The fourth-order valence-corrected chi connectivity index (χ4v) is 0.903. The fourth-order valence-electron chi connectivity index (χ4n) is 0.903. The molecule has 3 heteroatoms. The van der Waals surface area contributed by atoms with Crippen LogP contribution in [-0.4, -0.2) is 12.9 Å². The van der Waals surface area contributed by atoms with Gasteiger partial charge in [-0.2, -0.15) is 0 Å². The van der Waals surface area contributed by atoms with Gasteiger partial charge in [0.15, 0.2) is 12.0 Å².